The summed E-state index contributed by atoms with van der Waals surface area (Å²) in [4.78, 5) is 21.3. The second kappa shape index (κ2) is 7.03. The van der Waals surface area contributed by atoms with E-state index < -0.39 is 0 Å². The van der Waals surface area contributed by atoms with Gasteiger partial charge in [0.1, 0.15) is 11.6 Å². The summed E-state index contributed by atoms with van der Waals surface area (Å²) >= 11 is 3.55. The van der Waals surface area contributed by atoms with Crippen LogP contribution in [0.2, 0.25) is 0 Å². The van der Waals surface area contributed by atoms with Gasteiger partial charge in [-0.1, -0.05) is 12.1 Å². The van der Waals surface area contributed by atoms with Gasteiger partial charge in [0.05, 0.1) is 5.52 Å². The maximum Gasteiger partial charge on any atom is 0.253 e. The van der Waals surface area contributed by atoms with Crippen molar-refractivity contribution in [3.05, 3.63) is 70.5 Å². The van der Waals surface area contributed by atoms with E-state index in [9.17, 15) is 9.18 Å². The monoisotopic (exact) mass is 413 g/mol. The molecule has 0 bridgehead atoms. The van der Waals surface area contributed by atoms with Crippen LogP contribution >= 0.6 is 15.9 Å². The molecule has 26 heavy (non-hydrogen) atoms. The molecule has 3 aromatic rings. The van der Waals surface area contributed by atoms with Crippen molar-refractivity contribution in [1.29, 1.82) is 0 Å². The van der Waals surface area contributed by atoms with Crippen LogP contribution in [-0.4, -0.2) is 42.0 Å². The molecule has 1 aliphatic rings. The standard InChI is InChI=1S/C20H17BrFN3O/c21-17-3-1-2-14-6-9-18(23-19(14)17)24-10-12-25(13-11-24)20(26)15-4-7-16(22)8-5-15/h1-9H,10-13H2. The highest BCUT2D eigenvalue weighted by Gasteiger charge is 2.23. The van der Waals surface area contributed by atoms with Gasteiger partial charge in [0.2, 0.25) is 0 Å². The van der Waals surface area contributed by atoms with Crippen LogP contribution in [0.3, 0.4) is 0 Å². The largest absolute Gasteiger partial charge is 0.353 e. The number of nitrogens with zero attached hydrogens (tertiary/aromatic N) is 3. The number of rotatable bonds is 2. The summed E-state index contributed by atoms with van der Waals surface area (Å²) in [6, 6.07) is 15.8. The number of para-hydroxylation sites is 1. The van der Waals surface area contributed by atoms with E-state index >= 15 is 0 Å². The van der Waals surface area contributed by atoms with Crippen LogP contribution in [0.1, 0.15) is 10.4 Å². The molecule has 6 heteroatoms. The summed E-state index contributed by atoms with van der Waals surface area (Å²) in [6.07, 6.45) is 0. The second-order valence-electron chi connectivity index (χ2n) is 6.27. The van der Waals surface area contributed by atoms with E-state index in [1.165, 1.54) is 24.3 Å². The fourth-order valence-electron chi connectivity index (χ4n) is 3.19. The number of carbonyl (C=O) groups excluding carboxylic acids is 1. The molecular formula is C20H17BrFN3O. The van der Waals surface area contributed by atoms with Crippen LogP contribution in [0.4, 0.5) is 10.2 Å². The van der Waals surface area contributed by atoms with E-state index in [2.05, 4.69) is 26.9 Å². The van der Waals surface area contributed by atoms with Crippen molar-refractivity contribution in [3.63, 3.8) is 0 Å². The average Bonchev–Trinajstić information content (AvgIpc) is 2.68. The average molecular weight is 414 g/mol. The number of amides is 1. The van der Waals surface area contributed by atoms with Crippen LogP contribution in [0.5, 0.6) is 0 Å². The third kappa shape index (κ3) is 3.29. The highest BCUT2D eigenvalue weighted by atomic mass is 79.9. The Hall–Kier alpha value is -2.47. The van der Waals surface area contributed by atoms with Crippen molar-refractivity contribution in [2.24, 2.45) is 0 Å². The lowest BCUT2D eigenvalue weighted by atomic mass is 10.1. The topological polar surface area (TPSA) is 36.4 Å². The quantitative estimate of drug-likeness (QED) is 0.634. The number of aromatic nitrogens is 1. The summed E-state index contributed by atoms with van der Waals surface area (Å²) in [6.45, 7) is 2.67. The first-order chi connectivity index (χ1) is 12.6. The van der Waals surface area contributed by atoms with Crippen LogP contribution < -0.4 is 4.90 Å². The fourth-order valence-corrected chi connectivity index (χ4v) is 3.66. The summed E-state index contributed by atoms with van der Waals surface area (Å²) in [5.74, 6) is 0.525. The summed E-state index contributed by atoms with van der Waals surface area (Å²) in [5, 5.41) is 1.09. The molecule has 1 aromatic heterocycles. The Bertz CT molecular complexity index is 953. The predicted octanol–water partition coefficient (Wildman–Crippen LogP) is 4.10. The van der Waals surface area contributed by atoms with Crippen molar-refractivity contribution < 1.29 is 9.18 Å². The maximum absolute atomic E-state index is 13.0. The predicted molar refractivity (Wildman–Crippen MR) is 104 cm³/mol. The lowest BCUT2D eigenvalue weighted by Crippen LogP contribution is -2.49. The third-order valence-corrected chi connectivity index (χ3v) is 5.28. The minimum Gasteiger partial charge on any atom is -0.353 e. The Morgan fingerprint density at radius 3 is 2.42 bits per heavy atom. The van der Waals surface area contributed by atoms with Gasteiger partial charge in [0, 0.05) is 41.6 Å². The molecule has 1 aliphatic heterocycles. The van der Waals surface area contributed by atoms with Crippen LogP contribution in [-0.2, 0) is 0 Å². The first kappa shape index (κ1) is 17.0. The van der Waals surface area contributed by atoms with Gasteiger partial charge in [-0.25, -0.2) is 9.37 Å². The molecule has 4 rings (SSSR count). The number of anilines is 1. The molecule has 1 amide bonds. The molecule has 1 fully saturated rings. The van der Waals surface area contributed by atoms with Gasteiger partial charge in [0.25, 0.3) is 5.91 Å². The van der Waals surface area contributed by atoms with E-state index in [-0.39, 0.29) is 11.7 Å². The van der Waals surface area contributed by atoms with E-state index in [0.29, 0.717) is 18.7 Å². The number of fused-ring (bicyclic) bond motifs is 1. The number of halogens is 2. The number of carbonyl (C=O) groups is 1. The molecule has 1 saturated heterocycles. The summed E-state index contributed by atoms with van der Waals surface area (Å²) in [5.41, 5.74) is 1.46. The molecule has 4 nitrogen and oxygen atoms in total. The van der Waals surface area contributed by atoms with Gasteiger partial charge in [-0.05, 0) is 58.4 Å². The molecule has 0 N–H and O–H groups in total. The number of piperazine rings is 1. The number of pyridine rings is 1. The first-order valence-electron chi connectivity index (χ1n) is 8.47. The lowest BCUT2D eigenvalue weighted by molar-refractivity contribution is 0.0746. The zero-order chi connectivity index (χ0) is 18.1. The van der Waals surface area contributed by atoms with E-state index in [1.54, 1.807) is 4.90 Å². The molecule has 2 aromatic carbocycles. The van der Waals surface area contributed by atoms with Gasteiger partial charge in [0.15, 0.2) is 0 Å². The first-order valence-corrected chi connectivity index (χ1v) is 9.26. The minimum atomic E-state index is -0.333. The molecule has 0 unspecified atom stereocenters. The van der Waals surface area contributed by atoms with Gasteiger partial charge in [-0.15, -0.1) is 0 Å². The van der Waals surface area contributed by atoms with Gasteiger partial charge in [-0.3, -0.25) is 4.79 Å². The molecule has 2 heterocycles. The molecule has 0 atom stereocenters. The third-order valence-electron chi connectivity index (χ3n) is 4.64. The number of hydrogen-bond acceptors (Lipinski definition) is 3. The lowest BCUT2D eigenvalue weighted by Gasteiger charge is -2.35. The van der Waals surface area contributed by atoms with Crippen LogP contribution in [0.25, 0.3) is 10.9 Å². The highest BCUT2D eigenvalue weighted by molar-refractivity contribution is 9.10. The Morgan fingerprint density at radius 2 is 1.69 bits per heavy atom. The molecule has 0 radical (unpaired) electrons. The zero-order valence-electron chi connectivity index (χ0n) is 14.0. The smallest absolute Gasteiger partial charge is 0.253 e. The number of benzene rings is 2. The maximum atomic E-state index is 13.0. The molecule has 0 spiro atoms. The molecule has 0 aliphatic carbocycles. The van der Waals surface area contributed by atoms with Crippen LogP contribution in [0.15, 0.2) is 59.1 Å². The SMILES string of the molecule is O=C(c1ccc(F)cc1)N1CCN(c2ccc3cccc(Br)c3n2)CC1. The van der Waals surface area contributed by atoms with Crippen molar-refractivity contribution in [1.82, 2.24) is 9.88 Å². The van der Waals surface area contributed by atoms with Gasteiger partial charge >= 0.3 is 0 Å². The Labute approximate surface area is 159 Å². The van der Waals surface area contributed by atoms with Gasteiger partial charge in [-0.2, -0.15) is 0 Å². The Morgan fingerprint density at radius 1 is 0.962 bits per heavy atom. The Balaban J connectivity index is 1.47. The highest BCUT2D eigenvalue weighted by Crippen LogP contribution is 2.25. The Kier molecular flexibility index (Phi) is 4.59. The van der Waals surface area contributed by atoms with Gasteiger partial charge < -0.3 is 9.80 Å². The van der Waals surface area contributed by atoms with Crippen molar-refractivity contribution in [2.45, 2.75) is 0 Å². The van der Waals surface area contributed by atoms with Crippen molar-refractivity contribution in [2.75, 3.05) is 31.1 Å². The second-order valence-corrected chi connectivity index (χ2v) is 7.12. The summed E-state index contributed by atoms with van der Waals surface area (Å²) < 4.78 is 14.0. The fraction of sp³-hybridized carbons (Fsp3) is 0.200. The van der Waals surface area contributed by atoms with Crippen molar-refractivity contribution in [3.8, 4) is 0 Å². The van der Waals surface area contributed by atoms with E-state index in [0.717, 1.165) is 34.3 Å². The molecule has 132 valence electrons. The minimum absolute atomic E-state index is 0.0566. The number of hydrogen-bond donors (Lipinski definition) is 0. The van der Waals surface area contributed by atoms with E-state index in [1.807, 2.05) is 24.3 Å². The summed E-state index contributed by atoms with van der Waals surface area (Å²) in [7, 11) is 0. The van der Waals surface area contributed by atoms with E-state index in [4.69, 9.17) is 4.98 Å². The van der Waals surface area contributed by atoms with Crippen LogP contribution in [0, 0.1) is 5.82 Å². The molecular weight excluding hydrogens is 397 g/mol. The van der Waals surface area contributed by atoms with Crippen molar-refractivity contribution >= 4 is 38.6 Å². The zero-order valence-corrected chi connectivity index (χ0v) is 15.6. The normalized spacial score (nSPS) is 14.7. The molecule has 0 saturated carbocycles.